The highest BCUT2D eigenvalue weighted by atomic mass is 15.0. The Kier molecular flexibility index (Phi) is 4.71. The van der Waals surface area contributed by atoms with Crippen LogP contribution in [0.15, 0.2) is 72.9 Å². The maximum atomic E-state index is 3.52. The standard InChI is InChI=1S/C20H22N2/c1-17-8-5-6-11-19(17)16-22-13-7-12-20(22)15-21-14-18-9-3-2-4-10-18/h2-13,21H,14-16H2,1H3. The highest BCUT2D eigenvalue weighted by Crippen LogP contribution is 2.12. The molecule has 0 fully saturated rings. The van der Waals surface area contributed by atoms with Gasteiger partial charge in [-0.3, -0.25) is 0 Å². The minimum Gasteiger partial charge on any atom is -0.346 e. The topological polar surface area (TPSA) is 17.0 Å². The molecule has 3 rings (SSSR count). The largest absolute Gasteiger partial charge is 0.346 e. The van der Waals surface area contributed by atoms with Gasteiger partial charge in [-0.25, -0.2) is 0 Å². The third-order valence-corrected chi connectivity index (χ3v) is 4.00. The van der Waals surface area contributed by atoms with Gasteiger partial charge in [0.2, 0.25) is 0 Å². The van der Waals surface area contributed by atoms with Gasteiger partial charge in [0, 0.05) is 31.5 Å². The molecule has 2 heteroatoms. The van der Waals surface area contributed by atoms with Gasteiger partial charge in [0.05, 0.1) is 0 Å². The number of aryl methyl sites for hydroxylation is 1. The van der Waals surface area contributed by atoms with E-state index in [2.05, 4.69) is 89.7 Å². The van der Waals surface area contributed by atoms with Gasteiger partial charge in [0.25, 0.3) is 0 Å². The van der Waals surface area contributed by atoms with Crippen molar-refractivity contribution < 1.29 is 0 Å². The highest BCUT2D eigenvalue weighted by molar-refractivity contribution is 5.26. The van der Waals surface area contributed by atoms with E-state index < -0.39 is 0 Å². The predicted octanol–water partition coefficient (Wildman–Crippen LogP) is 4.13. The number of hydrogen-bond acceptors (Lipinski definition) is 1. The zero-order chi connectivity index (χ0) is 15.2. The number of nitrogens with zero attached hydrogens (tertiary/aromatic N) is 1. The Bertz CT molecular complexity index is 713. The number of benzene rings is 2. The SMILES string of the molecule is Cc1ccccc1Cn1cccc1CNCc1ccccc1. The van der Waals surface area contributed by atoms with Gasteiger partial charge >= 0.3 is 0 Å². The maximum Gasteiger partial charge on any atom is 0.0476 e. The normalized spacial score (nSPS) is 10.8. The molecular formula is C20H22N2. The summed E-state index contributed by atoms with van der Waals surface area (Å²) in [5.41, 5.74) is 5.36. The van der Waals surface area contributed by atoms with Crippen molar-refractivity contribution in [3.63, 3.8) is 0 Å². The smallest absolute Gasteiger partial charge is 0.0476 e. The molecule has 112 valence electrons. The Labute approximate surface area is 132 Å². The summed E-state index contributed by atoms with van der Waals surface area (Å²) >= 11 is 0. The number of nitrogens with one attached hydrogen (secondary N) is 1. The highest BCUT2D eigenvalue weighted by Gasteiger charge is 2.03. The van der Waals surface area contributed by atoms with E-state index in [0.29, 0.717) is 0 Å². The Morgan fingerprint density at radius 2 is 1.59 bits per heavy atom. The summed E-state index contributed by atoms with van der Waals surface area (Å²) in [6.07, 6.45) is 2.16. The zero-order valence-electron chi connectivity index (χ0n) is 13.0. The Balaban J connectivity index is 1.61. The van der Waals surface area contributed by atoms with Crippen molar-refractivity contribution in [1.82, 2.24) is 9.88 Å². The molecule has 0 unspecified atom stereocenters. The van der Waals surface area contributed by atoms with Gasteiger partial charge in [-0.05, 0) is 35.7 Å². The fourth-order valence-electron chi connectivity index (χ4n) is 2.67. The lowest BCUT2D eigenvalue weighted by Crippen LogP contribution is -2.16. The summed E-state index contributed by atoms with van der Waals surface area (Å²) in [5.74, 6) is 0. The molecule has 0 saturated heterocycles. The molecule has 2 aromatic carbocycles. The maximum absolute atomic E-state index is 3.52. The van der Waals surface area contributed by atoms with E-state index in [0.717, 1.165) is 19.6 Å². The predicted molar refractivity (Wildman–Crippen MR) is 91.7 cm³/mol. The van der Waals surface area contributed by atoms with E-state index in [1.807, 2.05) is 0 Å². The van der Waals surface area contributed by atoms with E-state index >= 15 is 0 Å². The number of aromatic nitrogens is 1. The molecule has 0 spiro atoms. The summed E-state index contributed by atoms with van der Waals surface area (Å²) < 4.78 is 2.32. The molecule has 1 heterocycles. The van der Waals surface area contributed by atoms with Gasteiger partial charge in [0.15, 0.2) is 0 Å². The van der Waals surface area contributed by atoms with E-state index in [9.17, 15) is 0 Å². The van der Waals surface area contributed by atoms with Gasteiger partial charge in [-0.1, -0.05) is 54.6 Å². The van der Waals surface area contributed by atoms with Gasteiger partial charge in [0.1, 0.15) is 0 Å². The van der Waals surface area contributed by atoms with Crippen molar-refractivity contribution in [2.75, 3.05) is 0 Å². The number of rotatable bonds is 6. The molecule has 0 saturated carbocycles. The molecule has 0 aliphatic rings. The van der Waals surface area contributed by atoms with E-state index in [1.54, 1.807) is 0 Å². The third kappa shape index (κ3) is 3.66. The quantitative estimate of drug-likeness (QED) is 0.722. The van der Waals surface area contributed by atoms with Crippen LogP contribution in [0.3, 0.4) is 0 Å². The molecule has 0 atom stereocenters. The third-order valence-electron chi connectivity index (χ3n) is 4.00. The molecular weight excluding hydrogens is 268 g/mol. The Morgan fingerprint density at radius 1 is 0.818 bits per heavy atom. The zero-order valence-corrected chi connectivity index (χ0v) is 13.0. The van der Waals surface area contributed by atoms with Gasteiger partial charge < -0.3 is 9.88 Å². The van der Waals surface area contributed by atoms with Crippen LogP contribution in [0.25, 0.3) is 0 Å². The first-order valence-electron chi connectivity index (χ1n) is 7.76. The van der Waals surface area contributed by atoms with Crippen LogP contribution in [0.5, 0.6) is 0 Å². The van der Waals surface area contributed by atoms with Crippen molar-refractivity contribution in [2.45, 2.75) is 26.6 Å². The molecule has 0 amide bonds. The van der Waals surface area contributed by atoms with Crippen LogP contribution in [0, 0.1) is 6.92 Å². The molecule has 2 nitrogen and oxygen atoms in total. The van der Waals surface area contributed by atoms with Crippen LogP contribution < -0.4 is 5.32 Å². The summed E-state index contributed by atoms with van der Waals surface area (Å²) in [4.78, 5) is 0. The van der Waals surface area contributed by atoms with E-state index in [1.165, 1.54) is 22.4 Å². The van der Waals surface area contributed by atoms with Crippen molar-refractivity contribution in [3.05, 3.63) is 95.3 Å². The second-order valence-electron chi connectivity index (χ2n) is 5.64. The van der Waals surface area contributed by atoms with Crippen molar-refractivity contribution in [3.8, 4) is 0 Å². The first kappa shape index (κ1) is 14.6. The van der Waals surface area contributed by atoms with Crippen LogP contribution in [0.4, 0.5) is 0 Å². The molecule has 0 aliphatic carbocycles. The fourth-order valence-corrected chi connectivity index (χ4v) is 2.67. The monoisotopic (exact) mass is 290 g/mol. The summed E-state index contributed by atoms with van der Waals surface area (Å²) in [6, 6.07) is 23.4. The minimum absolute atomic E-state index is 0.883. The fraction of sp³-hybridized carbons (Fsp3) is 0.200. The van der Waals surface area contributed by atoms with Gasteiger partial charge in [-0.2, -0.15) is 0 Å². The first-order chi connectivity index (χ1) is 10.8. The summed E-state index contributed by atoms with van der Waals surface area (Å²) in [6.45, 7) is 4.89. The summed E-state index contributed by atoms with van der Waals surface area (Å²) in [5, 5.41) is 3.52. The molecule has 1 aromatic heterocycles. The van der Waals surface area contributed by atoms with Crippen LogP contribution in [0.1, 0.15) is 22.4 Å². The van der Waals surface area contributed by atoms with Gasteiger partial charge in [-0.15, -0.1) is 0 Å². The minimum atomic E-state index is 0.883. The van der Waals surface area contributed by atoms with Crippen LogP contribution in [0.2, 0.25) is 0 Å². The Morgan fingerprint density at radius 3 is 2.41 bits per heavy atom. The lowest BCUT2D eigenvalue weighted by atomic mass is 10.1. The molecule has 0 aliphatic heterocycles. The second-order valence-corrected chi connectivity index (χ2v) is 5.64. The van der Waals surface area contributed by atoms with Crippen LogP contribution in [-0.4, -0.2) is 4.57 Å². The molecule has 3 aromatic rings. The average molecular weight is 290 g/mol. The molecule has 0 bridgehead atoms. The molecule has 1 N–H and O–H groups in total. The van der Waals surface area contributed by atoms with Crippen LogP contribution in [-0.2, 0) is 19.6 Å². The molecule has 0 radical (unpaired) electrons. The van der Waals surface area contributed by atoms with Crippen molar-refractivity contribution >= 4 is 0 Å². The number of hydrogen-bond donors (Lipinski definition) is 1. The van der Waals surface area contributed by atoms with E-state index in [4.69, 9.17) is 0 Å². The lowest BCUT2D eigenvalue weighted by Gasteiger charge is -2.12. The van der Waals surface area contributed by atoms with Crippen molar-refractivity contribution in [1.29, 1.82) is 0 Å². The average Bonchev–Trinajstić information content (AvgIpc) is 2.98. The lowest BCUT2D eigenvalue weighted by molar-refractivity contribution is 0.637. The van der Waals surface area contributed by atoms with E-state index in [-0.39, 0.29) is 0 Å². The van der Waals surface area contributed by atoms with Crippen LogP contribution >= 0.6 is 0 Å². The Hall–Kier alpha value is -2.32. The summed E-state index contributed by atoms with van der Waals surface area (Å²) in [7, 11) is 0. The second kappa shape index (κ2) is 7.10. The van der Waals surface area contributed by atoms with Crippen molar-refractivity contribution in [2.24, 2.45) is 0 Å². The first-order valence-corrected chi connectivity index (χ1v) is 7.76. The molecule has 22 heavy (non-hydrogen) atoms.